The average molecular weight is 197 g/mol. The van der Waals surface area contributed by atoms with Crippen LogP contribution >= 0.6 is 11.6 Å². The quantitative estimate of drug-likeness (QED) is 0.422. The zero-order valence-corrected chi connectivity index (χ0v) is 7.70. The molecule has 0 fully saturated rings. The van der Waals surface area contributed by atoms with E-state index in [1.807, 2.05) is 30.3 Å². The summed E-state index contributed by atoms with van der Waals surface area (Å²) in [5, 5.41) is 0. The molecule has 2 nitrogen and oxygen atoms in total. The van der Waals surface area contributed by atoms with Gasteiger partial charge in [0.25, 0.3) is 0 Å². The molecule has 0 spiro atoms. The Morgan fingerprint density at radius 2 is 2.08 bits per heavy atom. The summed E-state index contributed by atoms with van der Waals surface area (Å²) >= 11 is 5.20. The minimum atomic E-state index is -0.432. The van der Waals surface area contributed by atoms with Gasteiger partial charge in [0.2, 0.25) is 0 Å². The second-order valence-electron chi connectivity index (χ2n) is 2.32. The van der Waals surface area contributed by atoms with Gasteiger partial charge in [0.05, 0.1) is 0 Å². The number of alkyl halides is 1. The normalized spacial score (nSPS) is 10.2. The highest BCUT2D eigenvalue weighted by molar-refractivity contribution is 6.17. The topological polar surface area (TPSA) is 26.3 Å². The van der Waals surface area contributed by atoms with E-state index < -0.39 is 5.97 Å². The molecule has 0 bridgehead atoms. The zero-order chi connectivity index (χ0) is 9.52. The summed E-state index contributed by atoms with van der Waals surface area (Å²) in [5.41, 5.74) is 0.953. The van der Waals surface area contributed by atoms with Crippen molar-refractivity contribution in [1.29, 1.82) is 0 Å². The fraction of sp³-hybridized carbons (Fsp3) is 0.100. The Morgan fingerprint density at radius 1 is 1.38 bits per heavy atom. The molecule has 0 heterocycles. The maximum Gasteiger partial charge on any atom is 0.331 e. The van der Waals surface area contributed by atoms with Gasteiger partial charge in [-0.15, -0.1) is 0 Å². The highest BCUT2D eigenvalue weighted by Gasteiger charge is 1.93. The second kappa shape index (κ2) is 5.38. The van der Waals surface area contributed by atoms with Gasteiger partial charge < -0.3 is 4.74 Å². The number of carbonyl (C=O) groups is 1. The first-order valence-corrected chi connectivity index (χ1v) is 4.32. The van der Waals surface area contributed by atoms with E-state index in [4.69, 9.17) is 11.6 Å². The number of hydrogen-bond donors (Lipinski definition) is 0. The summed E-state index contributed by atoms with van der Waals surface area (Å²) in [5.74, 6) is -0.432. The lowest BCUT2D eigenvalue weighted by molar-refractivity contribution is -0.135. The second-order valence-corrected chi connectivity index (χ2v) is 2.53. The summed E-state index contributed by atoms with van der Waals surface area (Å²) in [6.07, 6.45) is 3.02. The average Bonchev–Trinajstić information content (AvgIpc) is 2.17. The third-order valence-electron chi connectivity index (χ3n) is 1.41. The lowest BCUT2D eigenvalue weighted by Gasteiger charge is -1.93. The van der Waals surface area contributed by atoms with Crippen molar-refractivity contribution in [2.24, 2.45) is 0 Å². The molecule has 1 rings (SSSR count). The van der Waals surface area contributed by atoms with E-state index in [1.54, 1.807) is 6.08 Å². The molecule has 0 aromatic heterocycles. The van der Waals surface area contributed by atoms with Gasteiger partial charge in [-0.05, 0) is 11.6 Å². The molecule has 0 unspecified atom stereocenters. The van der Waals surface area contributed by atoms with Gasteiger partial charge in [-0.2, -0.15) is 0 Å². The van der Waals surface area contributed by atoms with Crippen molar-refractivity contribution in [2.45, 2.75) is 0 Å². The Morgan fingerprint density at radius 3 is 2.69 bits per heavy atom. The molecule has 1 aromatic rings. The molecule has 0 atom stereocenters. The van der Waals surface area contributed by atoms with Crippen LogP contribution < -0.4 is 0 Å². The van der Waals surface area contributed by atoms with Crippen LogP contribution in [0.5, 0.6) is 0 Å². The molecular weight excluding hydrogens is 188 g/mol. The number of esters is 1. The van der Waals surface area contributed by atoms with E-state index in [1.165, 1.54) is 6.08 Å². The summed E-state index contributed by atoms with van der Waals surface area (Å²) in [4.78, 5) is 10.8. The van der Waals surface area contributed by atoms with Crippen molar-refractivity contribution in [3.63, 3.8) is 0 Å². The van der Waals surface area contributed by atoms with Gasteiger partial charge in [-0.25, -0.2) is 4.79 Å². The molecule has 3 heteroatoms. The predicted molar refractivity (Wildman–Crippen MR) is 52.3 cm³/mol. The highest BCUT2D eigenvalue weighted by atomic mass is 35.5. The Hall–Kier alpha value is -1.28. The molecule has 0 saturated heterocycles. The molecule has 0 aliphatic carbocycles. The molecule has 0 radical (unpaired) electrons. The van der Waals surface area contributed by atoms with E-state index >= 15 is 0 Å². The van der Waals surface area contributed by atoms with Gasteiger partial charge in [0.1, 0.15) is 0 Å². The fourth-order valence-electron chi connectivity index (χ4n) is 0.830. The van der Waals surface area contributed by atoms with Gasteiger partial charge in [-0.1, -0.05) is 41.9 Å². The minimum absolute atomic E-state index is 0.113. The molecule has 1 aromatic carbocycles. The third kappa shape index (κ3) is 3.76. The predicted octanol–water partition coefficient (Wildman–Crippen LogP) is 2.44. The van der Waals surface area contributed by atoms with Gasteiger partial charge in [-0.3, -0.25) is 0 Å². The van der Waals surface area contributed by atoms with Crippen LogP contribution in [0.4, 0.5) is 0 Å². The van der Waals surface area contributed by atoms with Crippen LogP contribution in [0.15, 0.2) is 36.4 Å². The molecule has 0 saturated carbocycles. The number of carbonyl (C=O) groups excluding carboxylic acids is 1. The first-order chi connectivity index (χ1) is 6.33. The maximum atomic E-state index is 10.8. The first kappa shape index (κ1) is 9.81. The Bertz CT molecular complexity index is 293. The van der Waals surface area contributed by atoms with Gasteiger partial charge in [0, 0.05) is 6.08 Å². The van der Waals surface area contributed by atoms with E-state index in [2.05, 4.69) is 4.74 Å². The number of hydrogen-bond acceptors (Lipinski definition) is 2. The number of rotatable bonds is 3. The van der Waals surface area contributed by atoms with E-state index in [9.17, 15) is 4.79 Å². The monoisotopic (exact) mass is 196 g/mol. The largest absolute Gasteiger partial charge is 0.446 e. The molecule has 0 N–H and O–H groups in total. The first-order valence-electron chi connectivity index (χ1n) is 3.79. The summed E-state index contributed by atoms with van der Waals surface area (Å²) in [6, 6.07) is 9.38. The van der Waals surface area contributed by atoms with Crippen LogP contribution in [-0.2, 0) is 9.53 Å². The van der Waals surface area contributed by atoms with Crippen LogP contribution in [0, 0.1) is 0 Å². The summed E-state index contributed by atoms with van der Waals surface area (Å²) in [7, 11) is 0. The van der Waals surface area contributed by atoms with Crippen LogP contribution in [0.2, 0.25) is 0 Å². The highest BCUT2D eigenvalue weighted by Crippen LogP contribution is 2.00. The third-order valence-corrected chi connectivity index (χ3v) is 1.52. The number of halogens is 1. The molecule has 68 valence electrons. The minimum Gasteiger partial charge on any atom is -0.446 e. The van der Waals surface area contributed by atoms with Crippen molar-refractivity contribution in [2.75, 3.05) is 6.07 Å². The van der Waals surface area contributed by atoms with Crippen molar-refractivity contribution in [3.05, 3.63) is 42.0 Å². The van der Waals surface area contributed by atoms with Crippen molar-refractivity contribution >= 4 is 23.6 Å². The van der Waals surface area contributed by atoms with E-state index in [0.717, 1.165) is 5.56 Å². The summed E-state index contributed by atoms with van der Waals surface area (Å²) in [6.45, 7) is 0. The Balaban J connectivity index is 2.54. The van der Waals surface area contributed by atoms with E-state index in [-0.39, 0.29) is 6.07 Å². The molecular formula is C10H9ClO2. The SMILES string of the molecule is O=C(/C=C/c1ccccc1)OCCl. The zero-order valence-electron chi connectivity index (χ0n) is 6.94. The van der Waals surface area contributed by atoms with Crippen molar-refractivity contribution in [3.8, 4) is 0 Å². The molecule has 13 heavy (non-hydrogen) atoms. The lowest BCUT2D eigenvalue weighted by atomic mass is 10.2. The number of ether oxygens (including phenoxy) is 1. The van der Waals surface area contributed by atoms with E-state index in [0.29, 0.717) is 0 Å². The Kier molecular flexibility index (Phi) is 4.06. The van der Waals surface area contributed by atoms with Crippen LogP contribution in [0.3, 0.4) is 0 Å². The smallest absolute Gasteiger partial charge is 0.331 e. The molecule has 0 amide bonds. The lowest BCUT2D eigenvalue weighted by Crippen LogP contribution is -1.97. The number of benzene rings is 1. The molecule has 0 aliphatic heterocycles. The molecule has 0 aliphatic rings. The van der Waals surface area contributed by atoms with Gasteiger partial charge >= 0.3 is 5.97 Å². The fourth-order valence-corrected chi connectivity index (χ4v) is 0.938. The van der Waals surface area contributed by atoms with Crippen LogP contribution in [0.1, 0.15) is 5.56 Å². The van der Waals surface area contributed by atoms with Crippen molar-refractivity contribution < 1.29 is 9.53 Å². The van der Waals surface area contributed by atoms with Crippen LogP contribution in [-0.4, -0.2) is 12.0 Å². The standard InChI is InChI=1S/C10H9ClO2/c11-8-13-10(12)7-6-9-4-2-1-3-5-9/h1-7H,8H2/b7-6+. The Labute approximate surface area is 81.8 Å². The van der Waals surface area contributed by atoms with Crippen LogP contribution in [0.25, 0.3) is 6.08 Å². The van der Waals surface area contributed by atoms with Crippen molar-refractivity contribution in [1.82, 2.24) is 0 Å². The summed E-state index contributed by atoms with van der Waals surface area (Å²) < 4.78 is 4.50. The van der Waals surface area contributed by atoms with Gasteiger partial charge in [0.15, 0.2) is 6.07 Å². The maximum absolute atomic E-state index is 10.8.